The van der Waals surface area contributed by atoms with Gasteiger partial charge in [-0.05, 0) is 31.4 Å². The van der Waals surface area contributed by atoms with Gasteiger partial charge >= 0.3 is 0 Å². The maximum Gasteiger partial charge on any atom is 0.117 e. The van der Waals surface area contributed by atoms with E-state index >= 15 is 0 Å². The highest BCUT2D eigenvalue weighted by Gasteiger charge is 1.96. The molecule has 0 saturated carbocycles. The van der Waals surface area contributed by atoms with E-state index < -0.39 is 0 Å². The van der Waals surface area contributed by atoms with Crippen molar-refractivity contribution < 1.29 is 0 Å². The van der Waals surface area contributed by atoms with Crippen LogP contribution in [0.15, 0.2) is 41.6 Å². The molecule has 0 aliphatic carbocycles. The summed E-state index contributed by atoms with van der Waals surface area (Å²) < 4.78 is 0. The van der Waals surface area contributed by atoms with E-state index in [0.717, 1.165) is 18.5 Å². The van der Waals surface area contributed by atoms with Gasteiger partial charge in [-0.2, -0.15) is 5.26 Å². The van der Waals surface area contributed by atoms with Gasteiger partial charge in [0.25, 0.3) is 0 Å². The van der Waals surface area contributed by atoms with Gasteiger partial charge in [-0.25, -0.2) is 0 Å². The fourth-order valence-electron chi connectivity index (χ4n) is 1.30. The van der Waals surface area contributed by atoms with E-state index in [0.29, 0.717) is 5.70 Å². The Morgan fingerprint density at radius 1 is 1.27 bits per heavy atom. The van der Waals surface area contributed by atoms with Gasteiger partial charge in [-0.1, -0.05) is 30.3 Å². The lowest BCUT2D eigenvalue weighted by Crippen LogP contribution is -2.16. The number of rotatable bonds is 4. The molecule has 2 nitrogen and oxygen atoms in total. The molecule has 15 heavy (non-hydrogen) atoms. The van der Waals surface area contributed by atoms with Crippen molar-refractivity contribution in [1.82, 2.24) is 5.32 Å². The average molecular weight is 200 g/mol. The van der Waals surface area contributed by atoms with Crippen LogP contribution in [-0.4, -0.2) is 6.54 Å². The molecule has 1 N–H and O–H groups in total. The average Bonchev–Trinajstić information content (AvgIpc) is 2.25. The first-order chi connectivity index (χ1) is 7.24. The smallest absolute Gasteiger partial charge is 0.117 e. The molecule has 2 heteroatoms. The van der Waals surface area contributed by atoms with E-state index in [4.69, 9.17) is 5.26 Å². The second-order valence-corrected chi connectivity index (χ2v) is 3.65. The number of hydrogen-bond donors (Lipinski definition) is 1. The lowest BCUT2D eigenvalue weighted by Gasteiger charge is -2.05. The number of benzene rings is 1. The number of hydrogen-bond acceptors (Lipinski definition) is 2. The molecule has 0 atom stereocenters. The Morgan fingerprint density at radius 3 is 2.47 bits per heavy atom. The van der Waals surface area contributed by atoms with Crippen LogP contribution in [0.25, 0.3) is 0 Å². The maximum atomic E-state index is 8.82. The van der Waals surface area contributed by atoms with Gasteiger partial charge in [0.1, 0.15) is 11.8 Å². The monoisotopic (exact) mass is 200 g/mol. The summed E-state index contributed by atoms with van der Waals surface area (Å²) in [7, 11) is 0. The second kappa shape index (κ2) is 5.87. The van der Waals surface area contributed by atoms with E-state index in [1.54, 1.807) is 0 Å². The molecule has 0 fully saturated rings. The third-order valence-corrected chi connectivity index (χ3v) is 2.17. The van der Waals surface area contributed by atoms with E-state index in [1.165, 1.54) is 5.56 Å². The van der Waals surface area contributed by atoms with Crippen LogP contribution in [0.1, 0.15) is 19.4 Å². The van der Waals surface area contributed by atoms with E-state index in [-0.39, 0.29) is 0 Å². The van der Waals surface area contributed by atoms with Crippen molar-refractivity contribution in [3.05, 3.63) is 47.2 Å². The third kappa shape index (κ3) is 3.86. The van der Waals surface area contributed by atoms with Gasteiger partial charge in [0, 0.05) is 6.54 Å². The molecule has 0 aliphatic rings. The van der Waals surface area contributed by atoms with E-state index in [2.05, 4.69) is 23.5 Å². The molecule has 0 unspecified atom stereocenters. The highest BCUT2D eigenvalue weighted by molar-refractivity contribution is 5.24. The molecule has 0 amide bonds. The molecule has 0 radical (unpaired) electrons. The predicted molar refractivity (Wildman–Crippen MR) is 62.1 cm³/mol. The summed E-state index contributed by atoms with van der Waals surface area (Å²) in [6, 6.07) is 12.4. The van der Waals surface area contributed by atoms with Crippen LogP contribution >= 0.6 is 0 Å². The van der Waals surface area contributed by atoms with Gasteiger partial charge in [0.2, 0.25) is 0 Å². The molecule has 0 spiro atoms. The van der Waals surface area contributed by atoms with Crippen LogP contribution in [0.2, 0.25) is 0 Å². The first-order valence-corrected chi connectivity index (χ1v) is 5.09. The van der Waals surface area contributed by atoms with E-state index in [1.807, 2.05) is 32.0 Å². The number of allylic oxidation sites excluding steroid dienone is 2. The van der Waals surface area contributed by atoms with Crippen LogP contribution < -0.4 is 5.32 Å². The van der Waals surface area contributed by atoms with Crippen LogP contribution in [-0.2, 0) is 6.42 Å². The Morgan fingerprint density at radius 2 is 1.93 bits per heavy atom. The molecule has 0 aromatic heterocycles. The van der Waals surface area contributed by atoms with Crippen LogP contribution in [0.4, 0.5) is 0 Å². The topological polar surface area (TPSA) is 35.8 Å². The summed E-state index contributed by atoms with van der Waals surface area (Å²) in [5.41, 5.74) is 3.01. The lowest BCUT2D eigenvalue weighted by molar-refractivity contribution is 0.798. The fourth-order valence-corrected chi connectivity index (χ4v) is 1.30. The molecule has 1 aromatic rings. The quantitative estimate of drug-likeness (QED) is 0.758. The zero-order valence-corrected chi connectivity index (χ0v) is 9.25. The first-order valence-electron chi connectivity index (χ1n) is 5.09. The zero-order valence-electron chi connectivity index (χ0n) is 9.25. The second-order valence-electron chi connectivity index (χ2n) is 3.65. The minimum absolute atomic E-state index is 0.686. The molecular weight excluding hydrogens is 184 g/mol. The zero-order chi connectivity index (χ0) is 11.1. The summed E-state index contributed by atoms with van der Waals surface area (Å²) in [6.07, 6.45) is 0.944. The number of nitriles is 1. The first kappa shape index (κ1) is 11.3. The summed E-state index contributed by atoms with van der Waals surface area (Å²) in [6.45, 7) is 4.68. The highest BCUT2D eigenvalue weighted by atomic mass is 14.9. The minimum atomic E-state index is 0.686. The minimum Gasteiger partial charge on any atom is -0.376 e. The Bertz CT molecular complexity index is 367. The van der Waals surface area contributed by atoms with Crippen molar-refractivity contribution in [3.63, 3.8) is 0 Å². The highest BCUT2D eigenvalue weighted by Crippen LogP contribution is 2.00. The predicted octanol–water partition coefficient (Wildman–Crippen LogP) is 2.64. The molecule has 0 aliphatic heterocycles. The Kier molecular flexibility index (Phi) is 4.43. The molecule has 0 heterocycles. The van der Waals surface area contributed by atoms with Gasteiger partial charge in [0.05, 0.1) is 0 Å². The van der Waals surface area contributed by atoms with Gasteiger partial charge in [0.15, 0.2) is 0 Å². The molecule has 1 rings (SSSR count). The Hall–Kier alpha value is -1.75. The molecule has 0 bridgehead atoms. The van der Waals surface area contributed by atoms with Gasteiger partial charge in [-0.15, -0.1) is 0 Å². The summed E-state index contributed by atoms with van der Waals surface area (Å²) in [5.74, 6) is 0. The van der Waals surface area contributed by atoms with Gasteiger partial charge in [-0.3, -0.25) is 0 Å². The normalized spacial score (nSPS) is 9.13. The lowest BCUT2D eigenvalue weighted by atomic mass is 10.1. The molecule has 0 saturated heterocycles. The summed E-state index contributed by atoms with van der Waals surface area (Å²) in [4.78, 5) is 0. The third-order valence-electron chi connectivity index (χ3n) is 2.17. The fraction of sp³-hybridized carbons (Fsp3) is 0.308. The molecule has 1 aromatic carbocycles. The number of nitrogens with zero attached hydrogens (tertiary/aromatic N) is 1. The van der Waals surface area contributed by atoms with Gasteiger partial charge < -0.3 is 5.32 Å². The van der Waals surface area contributed by atoms with E-state index in [9.17, 15) is 0 Å². The maximum absolute atomic E-state index is 8.82. The van der Waals surface area contributed by atoms with Crippen LogP contribution in [0, 0.1) is 11.3 Å². The largest absolute Gasteiger partial charge is 0.376 e. The number of nitrogens with one attached hydrogen (secondary N) is 1. The van der Waals surface area contributed by atoms with Crippen LogP contribution in [0.3, 0.4) is 0 Å². The van der Waals surface area contributed by atoms with Crippen molar-refractivity contribution in [2.24, 2.45) is 0 Å². The standard InChI is InChI=1S/C13H16N2/c1-11(2)13(10-14)15-9-8-12-6-4-3-5-7-12/h3-7,15H,8-9H2,1-2H3. The molecular formula is C13H16N2. The SMILES string of the molecule is CC(C)=C(C#N)NCCc1ccccc1. The van der Waals surface area contributed by atoms with Crippen molar-refractivity contribution >= 4 is 0 Å². The van der Waals surface area contributed by atoms with Crippen LogP contribution in [0.5, 0.6) is 0 Å². The molecule has 78 valence electrons. The summed E-state index contributed by atoms with van der Waals surface area (Å²) >= 11 is 0. The van der Waals surface area contributed by atoms with Crippen molar-refractivity contribution in [1.29, 1.82) is 5.26 Å². The van der Waals surface area contributed by atoms with Crippen molar-refractivity contribution in [3.8, 4) is 6.07 Å². The van der Waals surface area contributed by atoms with Crippen molar-refractivity contribution in [2.45, 2.75) is 20.3 Å². The summed E-state index contributed by atoms with van der Waals surface area (Å²) in [5, 5.41) is 12.0. The Balaban J connectivity index is 2.41. The Labute approximate surface area is 91.2 Å². The van der Waals surface area contributed by atoms with Crippen molar-refractivity contribution in [2.75, 3.05) is 6.54 Å².